The summed E-state index contributed by atoms with van der Waals surface area (Å²) < 4.78 is 4.80. The number of amides is 1. The Morgan fingerprint density at radius 1 is 1.17 bits per heavy atom. The number of nitrogens with zero attached hydrogens (tertiary/aromatic N) is 2. The normalized spacial score (nSPS) is 11.2. The van der Waals surface area contributed by atoms with Crippen LogP contribution in [-0.4, -0.2) is 36.6 Å². The van der Waals surface area contributed by atoms with Gasteiger partial charge in [-0.1, -0.05) is 36.9 Å². The first kappa shape index (κ1) is 21.7. The van der Waals surface area contributed by atoms with Crippen LogP contribution in [0.1, 0.15) is 35.2 Å². The van der Waals surface area contributed by atoms with Gasteiger partial charge >= 0.3 is 5.97 Å². The molecule has 1 aromatic carbocycles. The monoisotopic (exact) mass is 395 g/mol. The molecule has 3 N–H and O–H groups in total. The van der Waals surface area contributed by atoms with Gasteiger partial charge in [0.2, 0.25) is 0 Å². The summed E-state index contributed by atoms with van der Waals surface area (Å²) in [5.41, 5.74) is 9.05. The number of aromatic nitrogens is 1. The Labute approximate surface area is 169 Å². The van der Waals surface area contributed by atoms with E-state index in [0.29, 0.717) is 19.4 Å². The molecule has 0 aliphatic heterocycles. The van der Waals surface area contributed by atoms with Crippen LogP contribution in [0.4, 0.5) is 5.82 Å². The van der Waals surface area contributed by atoms with Gasteiger partial charge in [-0.2, -0.15) is 0 Å². The lowest BCUT2D eigenvalue weighted by Gasteiger charge is -2.17. The van der Waals surface area contributed by atoms with Crippen molar-refractivity contribution in [3.05, 3.63) is 66.4 Å². The number of ether oxygens (including phenoxy) is 1. The van der Waals surface area contributed by atoms with Gasteiger partial charge in [-0.15, -0.1) is 5.11 Å². The summed E-state index contributed by atoms with van der Waals surface area (Å²) in [6, 6.07) is 12.0. The number of methoxy groups -OCH3 is 1. The second kappa shape index (κ2) is 11.3. The zero-order chi connectivity index (χ0) is 21.1. The van der Waals surface area contributed by atoms with Crippen LogP contribution in [-0.2, 0) is 9.53 Å². The van der Waals surface area contributed by atoms with Crippen LogP contribution < -0.4 is 10.6 Å². The minimum absolute atomic E-state index is 0.204. The standard InChI is InChI=1S/C21H25N5O3/c1-15(16-8-4-3-5-9-16)23-13-7-6-10-18(21(28)29-2)25-20(27)17-11-12-19(26-22)24-14-17/h3-5,8-9,11-12,14,18,22-23H,1,6-7,10,13H2,2H3,(H,25,27). The molecule has 0 fully saturated rings. The number of carbonyl (C=O) groups excluding carboxylic acids is 2. The first-order chi connectivity index (χ1) is 14.0. The number of rotatable bonds is 11. The third kappa shape index (κ3) is 6.84. The topological polar surface area (TPSA) is 117 Å². The predicted molar refractivity (Wildman–Crippen MR) is 110 cm³/mol. The van der Waals surface area contributed by atoms with E-state index in [1.165, 1.54) is 25.4 Å². The van der Waals surface area contributed by atoms with Crippen LogP contribution in [0.3, 0.4) is 0 Å². The number of nitrogens with one attached hydrogen (secondary N) is 3. The average Bonchev–Trinajstić information content (AvgIpc) is 2.77. The van der Waals surface area contributed by atoms with Crippen LogP contribution in [0, 0.1) is 5.53 Å². The lowest BCUT2D eigenvalue weighted by atomic mass is 10.1. The fraction of sp³-hybridized carbons (Fsp3) is 0.286. The summed E-state index contributed by atoms with van der Waals surface area (Å²) in [5, 5.41) is 9.12. The Balaban J connectivity index is 1.80. The van der Waals surface area contributed by atoms with Crippen molar-refractivity contribution in [3.8, 4) is 0 Å². The second-order valence-corrected chi connectivity index (χ2v) is 6.33. The SMILES string of the molecule is C=C(NCCCCC(NC(=O)c1ccc(N=N)nc1)C(=O)OC)c1ccccc1. The molecule has 0 saturated heterocycles. The van der Waals surface area contributed by atoms with Crippen LogP contribution >= 0.6 is 0 Å². The summed E-state index contributed by atoms with van der Waals surface area (Å²) in [7, 11) is 1.29. The quantitative estimate of drug-likeness (QED) is 0.306. The number of unbranched alkanes of at least 4 members (excludes halogenated alkanes) is 1. The molecule has 29 heavy (non-hydrogen) atoms. The van der Waals surface area contributed by atoms with Gasteiger partial charge in [-0.05, 0) is 37.0 Å². The molecule has 152 valence electrons. The van der Waals surface area contributed by atoms with Crippen molar-refractivity contribution in [1.29, 1.82) is 5.53 Å². The molecule has 0 radical (unpaired) electrons. The number of carbonyl (C=O) groups is 2. The second-order valence-electron chi connectivity index (χ2n) is 6.33. The van der Waals surface area contributed by atoms with Gasteiger partial charge in [0, 0.05) is 18.4 Å². The van der Waals surface area contributed by atoms with Crippen molar-refractivity contribution < 1.29 is 14.3 Å². The number of benzene rings is 1. The molecule has 0 spiro atoms. The van der Waals surface area contributed by atoms with Crippen molar-refractivity contribution in [3.63, 3.8) is 0 Å². The van der Waals surface area contributed by atoms with Gasteiger partial charge in [-0.25, -0.2) is 15.3 Å². The van der Waals surface area contributed by atoms with Gasteiger partial charge in [0.05, 0.1) is 12.7 Å². The van der Waals surface area contributed by atoms with Crippen molar-refractivity contribution in [2.45, 2.75) is 25.3 Å². The van der Waals surface area contributed by atoms with Crippen molar-refractivity contribution in [1.82, 2.24) is 15.6 Å². The van der Waals surface area contributed by atoms with Crippen LogP contribution in [0.2, 0.25) is 0 Å². The van der Waals surface area contributed by atoms with E-state index in [2.05, 4.69) is 27.3 Å². The smallest absolute Gasteiger partial charge is 0.328 e. The Bertz CT molecular complexity index is 837. The highest BCUT2D eigenvalue weighted by atomic mass is 16.5. The van der Waals surface area contributed by atoms with E-state index in [0.717, 1.165) is 17.7 Å². The fourth-order valence-electron chi connectivity index (χ4n) is 2.67. The molecule has 1 aromatic heterocycles. The van der Waals surface area contributed by atoms with Gasteiger partial charge in [0.25, 0.3) is 5.91 Å². The third-order valence-corrected chi connectivity index (χ3v) is 4.30. The maximum absolute atomic E-state index is 12.3. The van der Waals surface area contributed by atoms with Crippen molar-refractivity contribution in [2.24, 2.45) is 5.11 Å². The molecule has 8 nitrogen and oxygen atoms in total. The zero-order valence-corrected chi connectivity index (χ0v) is 16.4. The summed E-state index contributed by atoms with van der Waals surface area (Å²) in [4.78, 5) is 28.2. The Morgan fingerprint density at radius 3 is 2.55 bits per heavy atom. The highest BCUT2D eigenvalue weighted by Gasteiger charge is 2.21. The lowest BCUT2D eigenvalue weighted by molar-refractivity contribution is -0.143. The number of hydrogen-bond acceptors (Lipinski definition) is 7. The molecule has 8 heteroatoms. The fourth-order valence-corrected chi connectivity index (χ4v) is 2.67. The van der Waals surface area contributed by atoms with E-state index in [1.54, 1.807) is 0 Å². The third-order valence-electron chi connectivity index (χ3n) is 4.30. The molecule has 1 amide bonds. The molecule has 0 aliphatic carbocycles. The average molecular weight is 395 g/mol. The highest BCUT2D eigenvalue weighted by Crippen LogP contribution is 2.11. The molecule has 1 unspecified atom stereocenters. The molecule has 1 atom stereocenters. The lowest BCUT2D eigenvalue weighted by Crippen LogP contribution is -2.41. The highest BCUT2D eigenvalue weighted by molar-refractivity contribution is 5.96. The molecular weight excluding hydrogens is 370 g/mol. The number of hydrogen-bond donors (Lipinski definition) is 3. The van der Waals surface area contributed by atoms with Gasteiger partial charge in [0.15, 0.2) is 5.82 Å². The Kier molecular flexibility index (Phi) is 8.50. The van der Waals surface area contributed by atoms with Crippen molar-refractivity contribution in [2.75, 3.05) is 13.7 Å². The molecule has 0 bridgehead atoms. The zero-order valence-electron chi connectivity index (χ0n) is 16.4. The summed E-state index contributed by atoms with van der Waals surface area (Å²) in [5.74, 6) is -0.721. The van der Waals surface area contributed by atoms with E-state index >= 15 is 0 Å². The summed E-state index contributed by atoms with van der Waals surface area (Å²) in [6.07, 6.45) is 3.28. The molecule has 0 saturated carbocycles. The minimum Gasteiger partial charge on any atom is -0.467 e. The van der Waals surface area contributed by atoms with E-state index in [9.17, 15) is 9.59 Å². The van der Waals surface area contributed by atoms with Crippen LogP contribution in [0.5, 0.6) is 0 Å². The maximum Gasteiger partial charge on any atom is 0.328 e. The van der Waals surface area contributed by atoms with E-state index in [4.69, 9.17) is 10.3 Å². The molecular formula is C21H25N5O3. The maximum atomic E-state index is 12.3. The largest absolute Gasteiger partial charge is 0.467 e. The van der Waals surface area contributed by atoms with Crippen LogP contribution in [0.25, 0.3) is 5.70 Å². The van der Waals surface area contributed by atoms with Gasteiger partial charge in [-0.3, -0.25) is 4.79 Å². The Morgan fingerprint density at radius 2 is 1.93 bits per heavy atom. The number of pyridine rings is 1. The van der Waals surface area contributed by atoms with E-state index < -0.39 is 17.9 Å². The van der Waals surface area contributed by atoms with E-state index in [1.807, 2.05) is 30.3 Å². The summed E-state index contributed by atoms with van der Waals surface area (Å²) in [6.45, 7) is 4.72. The van der Waals surface area contributed by atoms with Crippen LogP contribution in [0.15, 0.2) is 60.4 Å². The number of esters is 1. The first-order valence-corrected chi connectivity index (χ1v) is 9.25. The van der Waals surface area contributed by atoms with Gasteiger partial charge in [0.1, 0.15) is 6.04 Å². The van der Waals surface area contributed by atoms with E-state index in [-0.39, 0.29) is 11.4 Å². The van der Waals surface area contributed by atoms with Gasteiger partial charge < -0.3 is 15.4 Å². The first-order valence-electron chi connectivity index (χ1n) is 9.25. The summed E-state index contributed by atoms with van der Waals surface area (Å²) >= 11 is 0. The Hall–Kier alpha value is -3.55. The predicted octanol–water partition coefficient (Wildman–Crippen LogP) is 3.45. The molecule has 2 rings (SSSR count). The molecule has 0 aliphatic rings. The minimum atomic E-state index is -0.745. The molecule has 1 heterocycles. The molecule has 2 aromatic rings. The van der Waals surface area contributed by atoms with Crippen molar-refractivity contribution >= 4 is 23.4 Å².